The highest BCUT2D eigenvalue weighted by atomic mass is 16.6. The molecule has 6 heterocycles. The number of ether oxygens (including phenoxy) is 3. The van der Waals surface area contributed by atoms with Crippen molar-refractivity contribution in [3.05, 3.63) is 16.7 Å². The summed E-state index contributed by atoms with van der Waals surface area (Å²) in [5.41, 5.74) is 4.07. The Morgan fingerprint density at radius 2 is 1.78 bits per heavy atom. The number of fused-ring (bicyclic) bond motifs is 2. The van der Waals surface area contributed by atoms with Gasteiger partial charge >= 0.3 is 11.9 Å². The lowest BCUT2D eigenvalue weighted by atomic mass is 9.46. The van der Waals surface area contributed by atoms with E-state index >= 15 is 0 Å². The van der Waals surface area contributed by atoms with Gasteiger partial charge < -0.3 is 18.6 Å². The molecule has 7 atom stereocenters. The van der Waals surface area contributed by atoms with Crippen LogP contribution in [-0.2, 0) is 20.7 Å². The summed E-state index contributed by atoms with van der Waals surface area (Å²) in [7, 11) is 0. The first-order valence-corrected chi connectivity index (χ1v) is 14.3. The molecule has 6 heteroatoms. The van der Waals surface area contributed by atoms with Gasteiger partial charge in [-0.15, -0.1) is 0 Å². The van der Waals surface area contributed by atoms with Gasteiger partial charge in [0.15, 0.2) is 11.3 Å². The van der Waals surface area contributed by atoms with Crippen molar-refractivity contribution >= 4 is 23.1 Å². The van der Waals surface area contributed by atoms with Crippen LogP contribution in [0.25, 0.3) is 11.2 Å². The molecule has 10 rings (SSSR count). The largest absolute Gasteiger partial charge is 0.459 e. The Bertz CT molecular complexity index is 1310. The molecule has 0 N–H and O–H groups in total. The van der Waals surface area contributed by atoms with E-state index < -0.39 is 5.41 Å². The number of hydrogen-bond donors (Lipinski definition) is 0. The second kappa shape index (κ2) is 6.48. The van der Waals surface area contributed by atoms with Crippen LogP contribution in [0.3, 0.4) is 0 Å². The maximum atomic E-state index is 13.3. The summed E-state index contributed by atoms with van der Waals surface area (Å²) in [5.74, 6) is 3.97. The van der Waals surface area contributed by atoms with Crippen LogP contribution in [0.4, 0.5) is 0 Å². The molecular weight excluding hydrogens is 456 g/mol. The molecule has 190 valence electrons. The number of furan rings is 2. The first-order valence-electron chi connectivity index (χ1n) is 14.3. The van der Waals surface area contributed by atoms with Crippen molar-refractivity contribution in [1.82, 2.24) is 0 Å². The summed E-state index contributed by atoms with van der Waals surface area (Å²) in [6.45, 7) is 4.48. The molecule has 4 aliphatic carbocycles. The van der Waals surface area contributed by atoms with Gasteiger partial charge in [-0.1, -0.05) is 6.92 Å². The molecule has 2 aromatic heterocycles. The average Bonchev–Trinajstić information content (AvgIpc) is 3.60. The third-order valence-electron chi connectivity index (χ3n) is 12.0. The molecule has 0 aromatic carbocycles. The predicted molar refractivity (Wildman–Crippen MR) is 129 cm³/mol. The number of rotatable bonds is 6. The van der Waals surface area contributed by atoms with Gasteiger partial charge in [-0.3, -0.25) is 4.79 Å². The molecule has 8 aliphatic rings. The number of carbonyl (C=O) groups excluding carboxylic acids is 2. The Kier molecular flexibility index (Phi) is 3.77. The van der Waals surface area contributed by atoms with Gasteiger partial charge in [0, 0.05) is 17.0 Å². The van der Waals surface area contributed by atoms with E-state index in [9.17, 15) is 9.59 Å². The predicted octanol–water partition coefficient (Wildman–Crippen LogP) is 5.59. The second-order valence-electron chi connectivity index (χ2n) is 14.0. The van der Waals surface area contributed by atoms with Gasteiger partial charge in [-0.25, -0.2) is 4.79 Å². The lowest BCUT2D eigenvalue weighted by Crippen LogP contribution is -2.50. The van der Waals surface area contributed by atoms with E-state index in [2.05, 4.69) is 6.92 Å². The lowest BCUT2D eigenvalue weighted by molar-refractivity contribution is -0.149. The van der Waals surface area contributed by atoms with Gasteiger partial charge in [0.2, 0.25) is 0 Å². The zero-order chi connectivity index (χ0) is 24.1. The molecule has 0 spiro atoms. The quantitative estimate of drug-likeness (QED) is 0.492. The average molecular weight is 491 g/mol. The van der Waals surface area contributed by atoms with Gasteiger partial charge in [0.1, 0.15) is 28.8 Å². The van der Waals surface area contributed by atoms with Crippen LogP contribution in [0.1, 0.15) is 86.2 Å². The zero-order valence-corrected chi connectivity index (χ0v) is 21.1. The maximum Gasteiger partial charge on any atom is 0.348 e. The number of hydrogen-bond acceptors (Lipinski definition) is 6. The van der Waals surface area contributed by atoms with Gasteiger partial charge in [0.05, 0.1) is 6.10 Å². The third-order valence-corrected chi connectivity index (χ3v) is 12.0. The molecule has 0 amide bonds. The summed E-state index contributed by atoms with van der Waals surface area (Å²) in [6.07, 6.45) is 11.4. The second-order valence-corrected chi connectivity index (χ2v) is 14.0. The van der Waals surface area contributed by atoms with Crippen LogP contribution in [-0.4, -0.2) is 30.3 Å². The molecule has 3 saturated heterocycles. The first-order chi connectivity index (χ1) is 17.3. The molecule has 8 bridgehead atoms. The van der Waals surface area contributed by atoms with E-state index in [-0.39, 0.29) is 36.2 Å². The molecule has 5 unspecified atom stereocenters. The molecular formula is C30H34O6. The fourth-order valence-corrected chi connectivity index (χ4v) is 10.9. The summed E-state index contributed by atoms with van der Waals surface area (Å²) in [6, 6.07) is 0. The highest BCUT2D eigenvalue weighted by Crippen LogP contribution is 2.65. The molecule has 0 radical (unpaired) electrons. The van der Waals surface area contributed by atoms with Gasteiger partial charge in [0.25, 0.3) is 0 Å². The minimum atomic E-state index is -0.421. The van der Waals surface area contributed by atoms with E-state index in [1.807, 2.05) is 6.92 Å². The smallest absolute Gasteiger partial charge is 0.348 e. The van der Waals surface area contributed by atoms with Crippen molar-refractivity contribution in [2.24, 2.45) is 40.4 Å². The lowest BCUT2D eigenvalue weighted by Gasteiger charge is -2.59. The van der Waals surface area contributed by atoms with E-state index in [0.717, 1.165) is 72.5 Å². The highest BCUT2D eigenvalue weighted by Gasteiger charge is 2.71. The topological polar surface area (TPSA) is 75.0 Å². The van der Waals surface area contributed by atoms with Crippen LogP contribution < -0.4 is 4.74 Å². The van der Waals surface area contributed by atoms with Crippen LogP contribution in [0.5, 0.6) is 5.75 Å². The fourth-order valence-electron chi connectivity index (χ4n) is 10.9. The van der Waals surface area contributed by atoms with Crippen molar-refractivity contribution in [3.8, 4) is 5.75 Å². The van der Waals surface area contributed by atoms with Crippen molar-refractivity contribution in [1.29, 1.82) is 0 Å². The molecule has 4 aliphatic heterocycles. The number of aryl methyl sites for hydroxylation is 2. The van der Waals surface area contributed by atoms with Crippen molar-refractivity contribution in [2.75, 3.05) is 0 Å². The number of benzene rings is 1. The third kappa shape index (κ3) is 2.39. The van der Waals surface area contributed by atoms with Gasteiger partial charge in [-0.05, 0) is 100 Å². The van der Waals surface area contributed by atoms with Crippen molar-refractivity contribution < 1.29 is 28.2 Å². The first kappa shape index (κ1) is 20.9. The van der Waals surface area contributed by atoms with Crippen LogP contribution in [0.15, 0.2) is 4.42 Å². The summed E-state index contributed by atoms with van der Waals surface area (Å²) < 4.78 is 23.9. The Labute approximate surface area is 210 Å². The number of carbonyl (C=O) groups is 2. The minimum Gasteiger partial charge on any atom is -0.459 e. The molecule has 6 nitrogen and oxygen atoms in total. The molecule has 7 fully saturated rings. The molecule has 36 heavy (non-hydrogen) atoms. The Hall–Kier alpha value is -2.08. The van der Waals surface area contributed by atoms with Crippen molar-refractivity contribution in [2.45, 2.75) is 96.4 Å². The van der Waals surface area contributed by atoms with E-state index in [4.69, 9.17) is 18.6 Å². The van der Waals surface area contributed by atoms with Crippen LogP contribution >= 0.6 is 0 Å². The highest BCUT2D eigenvalue weighted by molar-refractivity contribution is 6.11. The van der Waals surface area contributed by atoms with Crippen LogP contribution in [0.2, 0.25) is 0 Å². The van der Waals surface area contributed by atoms with E-state index in [0.29, 0.717) is 22.3 Å². The maximum absolute atomic E-state index is 13.3. The Morgan fingerprint density at radius 3 is 2.56 bits per heavy atom. The molecule has 4 saturated carbocycles. The fraction of sp³-hybridized carbons (Fsp3) is 0.733. The standard InChI is InChI=1S/C30H34O6/c1-13-22-19(21-25(34-22)23(13)35-27(21)31)4-3-18-20-12-30(26(33-20)24(18)36-28(30)32)6-5-17-15-7-14-8-16(17)11-29(2,9-14)10-15/h14-18,20,24,26H,3-12H2,1-2H3/t14?,15?,16?,17?,18-,20?,24?,26?,29?,30-/m1/s1. The van der Waals surface area contributed by atoms with E-state index in [1.165, 1.54) is 32.1 Å². The summed E-state index contributed by atoms with van der Waals surface area (Å²) >= 11 is 0. The zero-order valence-electron chi connectivity index (χ0n) is 21.1. The normalized spacial score (nSPS) is 47.1. The minimum absolute atomic E-state index is 0.00344. The Morgan fingerprint density at radius 1 is 0.972 bits per heavy atom. The SMILES string of the molecule is Cc1c2c3oc1c(CC[C@@H]1C4C[C@@]5(CCC6C7CC8CC6CC(C)(C8)C7)C(=O)OC1C5O4)c3C(=O)O2. The van der Waals surface area contributed by atoms with Crippen LogP contribution in [0, 0.1) is 47.3 Å². The monoisotopic (exact) mass is 490 g/mol. The van der Waals surface area contributed by atoms with E-state index in [1.54, 1.807) is 0 Å². The summed E-state index contributed by atoms with van der Waals surface area (Å²) in [4.78, 5) is 25.7. The Balaban J connectivity index is 0.914. The molecule has 2 aromatic rings. The number of esters is 2. The summed E-state index contributed by atoms with van der Waals surface area (Å²) in [5, 5.41) is 0. The van der Waals surface area contributed by atoms with Crippen molar-refractivity contribution in [3.63, 3.8) is 0 Å². The van der Waals surface area contributed by atoms with Gasteiger partial charge in [-0.2, -0.15) is 0 Å².